The maximum Gasteiger partial charge on any atom is 0.125 e. The van der Waals surface area contributed by atoms with E-state index in [1.807, 2.05) is 0 Å². The number of hydrogen-bond donors (Lipinski definition) is 1. The van der Waals surface area contributed by atoms with Gasteiger partial charge in [-0.15, -0.1) is 0 Å². The fourth-order valence-electron chi connectivity index (χ4n) is 3.95. The first-order valence-electron chi connectivity index (χ1n) is 8.76. The molecule has 1 fully saturated rings. The number of aryl methyl sites for hydroxylation is 1. The molecule has 122 valence electrons. The van der Waals surface area contributed by atoms with Crippen LogP contribution in [0, 0.1) is 6.92 Å². The minimum atomic E-state index is 0.0972. The largest absolute Gasteiger partial charge is 0.487 e. The van der Waals surface area contributed by atoms with Gasteiger partial charge in [-0.1, -0.05) is 12.1 Å². The number of nitrogens with one attached hydrogen (secondary N) is 1. The highest BCUT2D eigenvalue weighted by Crippen LogP contribution is 2.47. The number of fused-ring (bicyclic) bond motifs is 1. The molecule has 1 spiro atoms. The molecule has 1 aromatic carbocycles. The summed E-state index contributed by atoms with van der Waals surface area (Å²) in [7, 11) is 4.28. The van der Waals surface area contributed by atoms with Crippen LogP contribution in [0.25, 0.3) is 0 Å². The second-order valence-electron chi connectivity index (χ2n) is 7.40. The molecule has 1 heterocycles. The standard InChI is InChI=1S/C19H30N2O/c1-15-7-8-16-17(20-11-6-12-21(2)3)14-19(9-4-5-10-19)22-18(16)13-15/h7-8,13,17,20H,4-6,9-12,14H2,1-3H3. The minimum Gasteiger partial charge on any atom is -0.487 e. The van der Waals surface area contributed by atoms with Gasteiger partial charge in [0.15, 0.2) is 0 Å². The van der Waals surface area contributed by atoms with Gasteiger partial charge in [0.25, 0.3) is 0 Å². The highest BCUT2D eigenvalue weighted by Gasteiger charge is 2.42. The summed E-state index contributed by atoms with van der Waals surface area (Å²) in [5.41, 5.74) is 2.74. The molecule has 0 bridgehead atoms. The van der Waals surface area contributed by atoms with Crippen molar-refractivity contribution in [3.8, 4) is 5.75 Å². The number of rotatable bonds is 5. The highest BCUT2D eigenvalue weighted by atomic mass is 16.5. The van der Waals surface area contributed by atoms with Crippen molar-refractivity contribution in [2.45, 2.75) is 57.1 Å². The first kappa shape index (κ1) is 15.8. The molecule has 1 atom stereocenters. The van der Waals surface area contributed by atoms with Gasteiger partial charge < -0.3 is 15.0 Å². The fourth-order valence-corrected chi connectivity index (χ4v) is 3.95. The lowest BCUT2D eigenvalue weighted by Gasteiger charge is -2.40. The van der Waals surface area contributed by atoms with Crippen molar-refractivity contribution >= 4 is 0 Å². The highest BCUT2D eigenvalue weighted by molar-refractivity contribution is 5.42. The second-order valence-corrected chi connectivity index (χ2v) is 7.40. The van der Waals surface area contributed by atoms with E-state index in [0.717, 1.165) is 25.3 Å². The molecular formula is C19H30N2O. The molecule has 22 heavy (non-hydrogen) atoms. The van der Waals surface area contributed by atoms with E-state index in [9.17, 15) is 0 Å². The molecule has 1 N–H and O–H groups in total. The quantitative estimate of drug-likeness (QED) is 0.840. The van der Waals surface area contributed by atoms with Crippen LogP contribution in [0.4, 0.5) is 0 Å². The zero-order valence-corrected chi connectivity index (χ0v) is 14.3. The first-order chi connectivity index (χ1) is 10.6. The van der Waals surface area contributed by atoms with Gasteiger partial charge in [0.1, 0.15) is 11.4 Å². The number of ether oxygens (including phenoxy) is 1. The molecule has 0 aromatic heterocycles. The van der Waals surface area contributed by atoms with E-state index in [1.54, 1.807) is 0 Å². The fraction of sp³-hybridized carbons (Fsp3) is 0.684. The number of benzene rings is 1. The van der Waals surface area contributed by atoms with E-state index in [0.29, 0.717) is 6.04 Å². The van der Waals surface area contributed by atoms with E-state index >= 15 is 0 Å². The van der Waals surface area contributed by atoms with Crippen molar-refractivity contribution in [2.75, 3.05) is 27.2 Å². The third-order valence-electron chi connectivity index (χ3n) is 5.13. The lowest BCUT2D eigenvalue weighted by Crippen LogP contribution is -2.42. The van der Waals surface area contributed by atoms with Gasteiger partial charge in [0, 0.05) is 18.0 Å². The Morgan fingerprint density at radius 3 is 2.77 bits per heavy atom. The molecule has 2 aliphatic rings. The Morgan fingerprint density at radius 1 is 1.27 bits per heavy atom. The molecule has 3 nitrogen and oxygen atoms in total. The third kappa shape index (κ3) is 3.47. The zero-order chi connectivity index (χ0) is 15.6. The van der Waals surface area contributed by atoms with Crippen LogP contribution in [-0.4, -0.2) is 37.7 Å². The molecule has 1 unspecified atom stereocenters. The van der Waals surface area contributed by atoms with Gasteiger partial charge in [0.05, 0.1) is 0 Å². The van der Waals surface area contributed by atoms with Crippen molar-refractivity contribution in [3.05, 3.63) is 29.3 Å². The summed E-state index contributed by atoms with van der Waals surface area (Å²) in [6.07, 6.45) is 7.39. The molecule has 3 rings (SSSR count). The van der Waals surface area contributed by atoms with Gasteiger partial charge in [-0.25, -0.2) is 0 Å². The topological polar surface area (TPSA) is 24.5 Å². The van der Waals surface area contributed by atoms with Gasteiger partial charge in [-0.2, -0.15) is 0 Å². The van der Waals surface area contributed by atoms with Crippen molar-refractivity contribution in [1.29, 1.82) is 0 Å². The average molecular weight is 302 g/mol. The molecular weight excluding hydrogens is 272 g/mol. The molecule has 1 aliphatic carbocycles. The minimum absolute atomic E-state index is 0.0972. The molecule has 1 aliphatic heterocycles. The average Bonchev–Trinajstić information content (AvgIpc) is 2.90. The van der Waals surface area contributed by atoms with Crippen molar-refractivity contribution in [2.24, 2.45) is 0 Å². The smallest absolute Gasteiger partial charge is 0.125 e. The summed E-state index contributed by atoms with van der Waals surface area (Å²) < 4.78 is 6.49. The Morgan fingerprint density at radius 2 is 2.05 bits per heavy atom. The molecule has 0 saturated heterocycles. The van der Waals surface area contributed by atoms with Crippen molar-refractivity contribution < 1.29 is 4.74 Å². The Bertz CT molecular complexity index is 506. The molecule has 0 radical (unpaired) electrons. The summed E-state index contributed by atoms with van der Waals surface area (Å²) in [6, 6.07) is 7.15. The summed E-state index contributed by atoms with van der Waals surface area (Å²) in [4.78, 5) is 2.25. The van der Waals surface area contributed by atoms with Crippen LogP contribution in [0.3, 0.4) is 0 Å². The van der Waals surface area contributed by atoms with Crippen LogP contribution in [0.2, 0.25) is 0 Å². The van der Waals surface area contributed by atoms with E-state index in [2.05, 4.69) is 49.4 Å². The van der Waals surface area contributed by atoms with Crippen LogP contribution in [0.1, 0.15) is 55.7 Å². The summed E-state index contributed by atoms with van der Waals surface area (Å²) >= 11 is 0. The lowest BCUT2D eigenvalue weighted by molar-refractivity contribution is 0.0366. The van der Waals surface area contributed by atoms with Crippen LogP contribution in [-0.2, 0) is 0 Å². The van der Waals surface area contributed by atoms with E-state index < -0.39 is 0 Å². The Hall–Kier alpha value is -1.06. The Labute approximate surface area is 135 Å². The Balaban J connectivity index is 1.73. The lowest BCUT2D eigenvalue weighted by atomic mass is 9.85. The van der Waals surface area contributed by atoms with E-state index in [1.165, 1.54) is 43.2 Å². The zero-order valence-electron chi connectivity index (χ0n) is 14.3. The van der Waals surface area contributed by atoms with Crippen LogP contribution < -0.4 is 10.1 Å². The predicted molar refractivity (Wildman–Crippen MR) is 91.5 cm³/mol. The molecule has 1 saturated carbocycles. The number of hydrogen-bond acceptors (Lipinski definition) is 3. The van der Waals surface area contributed by atoms with Gasteiger partial charge in [0.2, 0.25) is 0 Å². The van der Waals surface area contributed by atoms with E-state index in [-0.39, 0.29) is 5.60 Å². The normalized spacial score (nSPS) is 22.8. The maximum atomic E-state index is 6.49. The summed E-state index contributed by atoms with van der Waals surface area (Å²) in [5, 5.41) is 3.80. The molecule has 3 heteroatoms. The SMILES string of the molecule is Cc1ccc2c(c1)OC1(CCCC1)CC2NCCCN(C)C. The van der Waals surface area contributed by atoms with Gasteiger partial charge in [-0.3, -0.25) is 0 Å². The van der Waals surface area contributed by atoms with Gasteiger partial charge in [-0.05, 0) is 77.8 Å². The van der Waals surface area contributed by atoms with Crippen LogP contribution in [0.5, 0.6) is 5.75 Å². The van der Waals surface area contributed by atoms with Crippen molar-refractivity contribution in [1.82, 2.24) is 10.2 Å². The van der Waals surface area contributed by atoms with Crippen molar-refractivity contribution in [3.63, 3.8) is 0 Å². The Kier molecular flexibility index (Phi) is 4.74. The van der Waals surface area contributed by atoms with E-state index in [4.69, 9.17) is 4.74 Å². The summed E-state index contributed by atoms with van der Waals surface area (Å²) in [5.74, 6) is 1.12. The molecule has 0 amide bonds. The van der Waals surface area contributed by atoms with Gasteiger partial charge >= 0.3 is 0 Å². The predicted octanol–water partition coefficient (Wildman–Crippen LogP) is 3.67. The maximum absolute atomic E-state index is 6.49. The monoisotopic (exact) mass is 302 g/mol. The first-order valence-corrected chi connectivity index (χ1v) is 8.76. The second kappa shape index (κ2) is 6.59. The van der Waals surface area contributed by atoms with Crippen LogP contribution >= 0.6 is 0 Å². The molecule has 1 aromatic rings. The summed E-state index contributed by atoms with van der Waals surface area (Å²) in [6.45, 7) is 4.37. The third-order valence-corrected chi connectivity index (χ3v) is 5.13. The van der Waals surface area contributed by atoms with Crippen LogP contribution in [0.15, 0.2) is 18.2 Å². The number of nitrogens with zero attached hydrogens (tertiary/aromatic N) is 1.